The highest BCUT2D eigenvalue weighted by Gasteiger charge is 2.47. The van der Waals surface area contributed by atoms with E-state index < -0.39 is 24.6 Å². The SMILES string of the molecule is CO[C@@H]1[C@@H](OC)[C@H](C)O[C@@H](OC(=O)Nc2ccc(/C=C/c3ccc(O)cc3)cc2)[C@@H]1OC. The molecule has 1 heterocycles. The van der Waals surface area contributed by atoms with E-state index in [1.807, 2.05) is 43.3 Å². The first-order valence-electron chi connectivity index (χ1n) is 10.2. The molecule has 8 heteroatoms. The molecule has 8 nitrogen and oxygen atoms in total. The topological polar surface area (TPSA) is 95.5 Å². The van der Waals surface area contributed by atoms with E-state index in [1.54, 1.807) is 38.5 Å². The number of anilines is 1. The summed E-state index contributed by atoms with van der Waals surface area (Å²) >= 11 is 0. The van der Waals surface area contributed by atoms with Crippen LogP contribution in [0.4, 0.5) is 10.5 Å². The van der Waals surface area contributed by atoms with Crippen molar-refractivity contribution in [2.75, 3.05) is 26.6 Å². The molecule has 0 aromatic heterocycles. The summed E-state index contributed by atoms with van der Waals surface area (Å²) in [5.74, 6) is 0.227. The zero-order valence-corrected chi connectivity index (χ0v) is 18.6. The minimum Gasteiger partial charge on any atom is -0.508 e. The molecule has 3 rings (SSSR count). The number of carbonyl (C=O) groups is 1. The van der Waals surface area contributed by atoms with Gasteiger partial charge in [-0.2, -0.15) is 0 Å². The van der Waals surface area contributed by atoms with Gasteiger partial charge in [-0.15, -0.1) is 0 Å². The van der Waals surface area contributed by atoms with Crippen LogP contribution in [-0.2, 0) is 23.7 Å². The average Bonchev–Trinajstić information content (AvgIpc) is 2.79. The second kappa shape index (κ2) is 11.1. The number of amides is 1. The van der Waals surface area contributed by atoms with E-state index in [-0.39, 0.29) is 18.0 Å². The van der Waals surface area contributed by atoms with Crippen LogP contribution >= 0.6 is 0 Å². The minimum atomic E-state index is -0.945. The summed E-state index contributed by atoms with van der Waals surface area (Å²) in [7, 11) is 4.62. The molecule has 1 fully saturated rings. The number of ether oxygens (including phenoxy) is 5. The second-order valence-corrected chi connectivity index (χ2v) is 7.39. The van der Waals surface area contributed by atoms with Crippen molar-refractivity contribution in [3.63, 3.8) is 0 Å². The van der Waals surface area contributed by atoms with Crippen LogP contribution in [0.1, 0.15) is 18.1 Å². The third-order valence-corrected chi connectivity index (χ3v) is 5.29. The van der Waals surface area contributed by atoms with Crippen molar-refractivity contribution in [2.24, 2.45) is 0 Å². The molecular formula is C24H29NO7. The number of phenolic OH excluding ortho intramolecular Hbond substituents is 1. The molecule has 1 aliphatic rings. The Morgan fingerprint density at radius 1 is 0.875 bits per heavy atom. The Bertz CT molecular complexity index is 898. The Morgan fingerprint density at radius 2 is 1.41 bits per heavy atom. The van der Waals surface area contributed by atoms with Gasteiger partial charge >= 0.3 is 6.09 Å². The van der Waals surface area contributed by atoms with Crippen LogP contribution in [0.3, 0.4) is 0 Å². The lowest BCUT2D eigenvalue weighted by atomic mass is 9.99. The monoisotopic (exact) mass is 443 g/mol. The fourth-order valence-corrected chi connectivity index (χ4v) is 3.62. The van der Waals surface area contributed by atoms with Gasteiger partial charge in [0.05, 0.1) is 6.10 Å². The van der Waals surface area contributed by atoms with E-state index >= 15 is 0 Å². The number of benzene rings is 2. The lowest BCUT2D eigenvalue weighted by molar-refractivity contribution is -0.288. The van der Waals surface area contributed by atoms with Gasteiger partial charge < -0.3 is 28.8 Å². The Hall–Kier alpha value is -2.91. The number of rotatable bonds is 7. The van der Waals surface area contributed by atoms with E-state index in [1.165, 1.54) is 7.11 Å². The lowest BCUT2D eigenvalue weighted by Gasteiger charge is -2.43. The van der Waals surface area contributed by atoms with Crippen LogP contribution in [0.25, 0.3) is 12.2 Å². The largest absolute Gasteiger partial charge is 0.508 e. The number of hydrogen-bond donors (Lipinski definition) is 2. The molecular weight excluding hydrogens is 414 g/mol. The predicted octanol–water partition coefficient (Wildman–Crippen LogP) is 3.90. The third kappa shape index (κ3) is 5.86. The third-order valence-electron chi connectivity index (χ3n) is 5.29. The van der Waals surface area contributed by atoms with Gasteiger partial charge in [0.15, 0.2) is 0 Å². The van der Waals surface area contributed by atoms with Crippen molar-refractivity contribution >= 4 is 23.9 Å². The maximum absolute atomic E-state index is 12.4. The predicted molar refractivity (Wildman–Crippen MR) is 120 cm³/mol. The summed E-state index contributed by atoms with van der Waals surface area (Å²) in [6.45, 7) is 1.82. The van der Waals surface area contributed by atoms with Gasteiger partial charge in [-0.3, -0.25) is 5.32 Å². The molecule has 0 unspecified atom stereocenters. The fourth-order valence-electron chi connectivity index (χ4n) is 3.62. The number of aromatic hydroxyl groups is 1. The fraction of sp³-hybridized carbons (Fsp3) is 0.375. The molecule has 0 aliphatic carbocycles. The molecule has 0 radical (unpaired) electrons. The Kier molecular flexibility index (Phi) is 8.24. The van der Waals surface area contributed by atoms with Crippen molar-refractivity contribution in [3.05, 3.63) is 59.7 Å². The van der Waals surface area contributed by atoms with Gasteiger partial charge in [0.25, 0.3) is 0 Å². The van der Waals surface area contributed by atoms with Crippen molar-refractivity contribution < 1.29 is 33.6 Å². The van der Waals surface area contributed by atoms with Gasteiger partial charge in [-0.05, 0) is 42.3 Å². The van der Waals surface area contributed by atoms with Crippen molar-refractivity contribution in [3.8, 4) is 5.75 Å². The molecule has 172 valence electrons. The highest BCUT2D eigenvalue weighted by molar-refractivity contribution is 5.85. The first-order chi connectivity index (χ1) is 15.4. The maximum atomic E-state index is 12.4. The summed E-state index contributed by atoms with van der Waals surface area (Å²) in [5, 5.41) is 12.0. The van der Waals surface area contributed by atoms with Gasteiger partial charge in [0, 0.05) is 27.0 Å². The van der Waals surface area contributed by atoms with E-state index in [2.05, 4.69) is 5.32 Å². The number of methoxy groups -OCH3 is 3. The number of carbonyl (C=O) groups excluding carboxylic acids is 1. The summed E-state index contributed by atoms with van der Waals surface area (Å²) < 4.78 is 27.7. The summed E-state index contributed by atoms with van der Waals surface area (Å²) in [6, 6.07) is 14.2. The molecule has 1 amide bonds. The van der Waals surface area contributed by atoms with Crippen molar-refractivity contribution in [2.45, 2.75) is 37.6 Å². The standard InChI is InChI=1S/C24H29NO7/c1-15-20(28-2)21(29-3)22(30-4)23(31-15)32-24(27)25-18-11-7-16(8-12-18)5-6-17-9-13-19(26)14-10-17/h5-15,20-23,26H,1-4H3,(H,25,27)/b6-5+/t15-,20-,21+,22+,23-/m0/s1. The van der Waals surface area contributed by atoms with Gasteiger partial charge in [0.1, 0.15) is 24.1 Å². The number of nitrogens with one attached hydrogen (secondary N) is 1. The molecule has 2 aromatic carbocycles. The van der Waals surface area contributed by atoms with Gasteiger partial charge in [0.2, 0.25) is 6.29 Å². The Balaban J connectivity index is 1.59. The molecule has 2 N–H and O–H groups in total. The Labute approximate surface area is 187 Å². The zero-order valence-electron chi connectivity index (χ0n) is 18.6. The number of hydrogen-bond acceptors (Lipinski definition) is 7. The minimum absolute atomic E-state index is 0.227. The molecule has 0 spiro atoms. The van der Waals surface area contributed by atoms with Gasteiger partial charge in [-0.25, -0.2) is 4.79 Å². The lowest BCUT2D eigenvalue weighted by Crippen LogP contribution is -2.59. The van der Waals surface area contributed by atoms with Crippen molar-refractivity contribution in [1.29, 1.82) is 0 Å². The molecule has 32 heavy (non-hydrogen) atoms. The highest BCUT2D eigenvalue weighted by Crippen LogP contribution is 2.28. The molecule has 1 aliphatic heterocycles. The first kappa shape index (κ1) is 23.7. The molecule has 0 saturated carbocycles. The normalized spacial score (nSPS) is 25.6. The quantitative estimate of drug-likeness (QED) is 0.627. The smallest absolute Gasteiger partial charge is 0.414 e. The van der Waals surface area contributed by atoms with E-state index in [9.17, 15) is 9.90 Å². The summed E-state index contributed by atoms with van der Waals surface area (Å²) in [5.41, 5.74) is 2.50. The van der Waals surface area contributed by atoms with Crippen LogP contribution in [0.15, 0.2) is 48.5 Å². The first-order valence-corrected chi connectivity index (χ1v) is 10.2. The van der Waals surface area contributed by atoms with E-state index in [0.717, 1.165) is 11.1 Å². The van der Waals surface area contributed by atoms with Crippen LogP contribution in [0, 0.1) is 0 Å². The average molecular weight is 443 g/mol. The van der Waals surface area contributed by atoms with Gasteiger partial charge in [-0.1, -0.05) is 36.4 Å². The zero-order chi connectivity index (χ0) is 23.1. The summed E-state index contributed by atoms with van der Waals surface area (Å²) in [6.07, 6.45) is 0.462. The van der Waals surface area contributed by atoms with E-state index in [0.29, 0.717) is 5.69 Å². The Morgan fingerprint density at radius 3 is 1.94 bits per heavy atom. The molecule has 1 saturated heterocycles. The van der Waals surface area contributed by atoms with E-state index in [4.69, 9.17) is 23.7 Å². The highest BCUT2D eigenvalue weighted by atomic mass is 16.7. The maximum Gasteiger partial charge on any atom is 0.414 e. The van der Waals surface area contributed by atoms with Crippen LogP contribution < -0.4 is 5.32 Å². The molecule has 0 bridgehead atoms. The molecule has 2 aromatic rings. The number of phenols is 1. The van der Waals surface area contributed by atoms with Crippen LogP contribution in [0.2, 0.25) is 0 Å². The van der Waals surface area contributed by atoms with Crippen LogP contribution in [-0.4, -0.2) is 63.2 Å². The van der Waals surface area contributed by atoms with Crippen LogP contribution in [0.5, 0.6) is 5.75 Å². The van der Waals surface area contributed by atoms with Crippen molar-refractivity contribution in [1.82, 2.24) is 0 Å². The molecule has 5 atom stereocenters. The summed E-state index contributed by atoms with van der Waals surface area (Å²) in [4.78, 5) is 12.4. The second-order valence-electron chi connectivity index (χ2n) is 7.39.